The number of aliphatic carboxylic acids is 1. The number of nitrogens with zero attached hydrogens (tertiary/aromatic N) is 3. The van der Waals surface area contributed by atoms with Crippen LogP contribution in [0.4, 0.5) is 0 Å². The van der Waals surface area contributed by atoms with Crippen LogP contribution in [-0.4, -0.2) is 37.5 Å². The van der Waals surface area contributed by atoms with Gasteiger partial charge in [-0.3, -0.25) is 4.79 Å². The zero-order valence-electron chi connectivity index (χ0n) is 19.8. The van der Waals surface area contributed by atoms with E-state index in [1.165, 1.54) is 4.90 Å². The first-order valence-corrected chi connectivity index (χ1v) is 11.7. The lowest BCUT2D eigenvalue weighted by molar-refractivity contribution is -0.151. The van der Waals surface area contributed by atoms with E-state index in [1.807, 2.05) is 97.3 Å². The molecule has 1 aliphatic heterocycles. The van der Waals surface area contributed by atoms with Gasteiger partial charge in [-0.05, 0) is 42.7 Å². The molecule has 1 amide bonds. The Kier molecular flexibility index (Phi) is 5.95. The summed E-state index contributed by atoms with van der Waals surface area (Å²) < 4.78 is 2.02. The summed E-state index contributed by atoms with van der Waals surface area (Å²) in [5.41, 5.74) is 5.32. The molecule has 6 nitrogen and oxygen atoms in total. The lowest BCUT2D eigenvalue weighted by atomic mass is 9.88. The van der Waals surface area contributed by atoms with E-state index in [1.54, 1.807) is 0 Å². The molecule has 6 heteroatoms. The molecule has 4 aromatic rings. The van der Waals surface area contributed by atoms with Gasteiger partial charge >= 0.3 is 5.97 Å². The van der Waals surface area contributed by atoms with Crippen LogP contribution < -0.4 is 0 Å². The Balaban J connectivity index is 1.57. The molecule has 0 bridgehead atoms. The Bertz CT molecular complexity index is 1340. The largest absolute Gasteiger partial charge is 0.480 e. The molecule has 5 rings (SSSR count). The van der Waals surface area contributed by atoms with Crippen molar-refractivity contribution in [1.82, 2.24) is 14.5 Å². The van der Waals surface area contributed by atoms with E-state index in [2.05, 4.69) is 6.07 Å². The van der Waals surface area contributed by atoms with E-state index in [4.69, 9.17) is 4.98 Å². The molecule has 0 aliphatic carbocycles. The predicted octanol–water partition coefficient (Wildman–Crippen LogP) is 4.66. The number of aryl methyl sites for hydroxylation is 2. The summed E-state index contributed by atoms with van der Waals surface area (Å²) in [6, 6.07) is 26.1. The maximum absolute atomic E-state index is 14.1. The minimum atomic E-state index is -1.02. The first-order chi connectivity index (χ1) is 16.9. The monoisotopic (exact) mass is 465 g/mol. The lowest BCUT2D eigenvalue weighted by Crippen LogP contribution is -2.50. The summed E-state index contributed by atoms with van der Waals surface area (Å²) in [5, 5.41) is 10.2. The highest BCUT2D eigenvalue weighted by Crippen LogP contribution is 2.33. The van der Waals surface area contributed by atoms with Gasteiger partial charge in [0.15, 0.2) is 0 Å². The van der Waals surface area contributed by atoms with Gasteiger partial charge in [0, 0.05) is 12.1 Å². The number of carbonyl (C=O) groups is 2. The maximum atomic E-state index is 14.1. The molecule has 35 heavy (non-hydrogen) atoms. The predicted molar refractivity (Wildman–Crippen MR) is 133 cm³/mol. The van der Waals surface area contributed by atoms with Gasteiger partial charge in [0.25, 0.3) is 0 Å². The second-order valence-corrected chi connectivity index (χ2v) is 9.01. The highest BCUT2D eigenvalue weighted by atomic mass is 16.4. The summed E-state index contributed by atoms with van der Waals surface area (Å²) in [6.45, 7) is 4.09. The van der Waals surface area contributed by atoms with Crippen molar-refractivity contribution in [3.8, 4) is 5.69 Å². The van der Waals surface area contributed by atoms with Crippen molar-refractivity contribution >= 4 is 11.9 Å². The van der Waals surface area contributed by atoms with Gasteiger partial charge in [0.05, 0.1) is 23.9 Å². The summed E-state index contributed by atoms with van der Waals surface area (Å²) >= 11 is 0. The van der Waals surface area contributed by atoms with Gasteiger partial charge in [-0.25, -0.2) is 9.78 Å². The van der Waals surface area contributed by atoms with E-state index in [-0.39, 0.29) is 18.9 Å². The van der Waals surface area contributed by atoms with Crippen LogP contribution in [0.2, 0.25) is 0 Å². The number of amides is 1. The van der Waals surface area contributed by atoms with Gasteiger partial charge in [0.2, 0.25) is 5.91 Å². The van der Waals surface area contributed by atoms with E-state index >= 15 is 0 Å². The van der Waals surface area contributed by atoms with Crippen LogP contribution in [0.25, 0.3) is 5.69 Å². The SMILES string of the molecule is Cc1cccc(-n2c(C)nc3c2CC(C(=O)O)N(C(=O)C(c2ccccc2)c2ccccc2)C3)c1. The van der Waals surface area contributed by atoms with Crippen molar-refractivity contribution in [2.45, 2.75) is 38.8 Å². The van der Waals surface area contributed by atoms with Crippen LogP contribution in [0.3, 0.4) is 0 Å². The Morgan fingerprint density at radius 1 is 0.914 bits per heavy atom. The van der Waals surface area contributed by atoms with Crippen LogP contribution in [-0.2, 0) is 22.6 Å². The third-order valence-corrected chi connectivity index (χ3v) is 6.65. The number of imidazole rings is 1. The number of carbonyl (C=O) groups excluding carboxylic acids is 1. The summed E-state index contributed by atoms with van der Waals surface area (Å²) in [5.74, 6) is -1.07. The fourth-order valence-corrected chi connectivity index (χ4v) is 5.03. The molecule has 1 aromatic heterocycles. The first-order valence-electron chi connectivity index (χ1n) is 11.7. The fourth-order valence-electron chi connectivity index (χ4n) is 5.03. The highest BCUT2D eigenvalue weighted by molar-refractivity contribution is 5.91. The van der Waals surface area contributed by atoms with Crippen molar-refractivity contribution in [3.63, 3.8) is 0 Å². The van der Waals surface area contributed by atoms with Gasteiger partial charge in [-0.1, -0.05) is 72.8 Å². The minimum absolute atomic E-state index is 0.154. The second-order valence-electron chi connectivity index (χ2n) is 9.01. The lowest BCUT2D eigenvalue weighted by Gasteiger charge is -2.35. The molecule has 0 fully saturated rings. The van der Waals surface area contributed by atoms with E-state index in [0.717, 1.165) is 39.6 Å². The fraction of sp³-hybridized carbons (Fsp3) is 0.207. The Labute approximate surface area is 204 Å². The van der Waals surface area contributed by atoms with Crippen molar-refractivity contribution in [2.24, 2.45) is 0 Å². The average Bonchev–Trinajstić information content (AvgIpc) is 3.19. The third kappa shape index (κ3) is 4.23. The molecule has 176 valence electrons. The summed E-state index contributed by atoms with van der Waals surface area (Å²) in [4.78, 5) is 32.8. The molecular formula is C29H27N3O3. The van der Waals surface area contributed by atoms with Gasteiger partial charge in [0.1, 0.15) is 11.9 Å². The molecule has 0 spiro atoms. The number of fused-ring (bicyclic) bond motifs is 1. The van der Waals surface area contributed by atoms with E-state index < -0.39 is 17.9 Å². The summed E-state index contributed by atoms with van der Waals surface area (Å²) in [7, 11) is 0. The molecule has 3 aromatic carbocycles. The number of rotatable bonds is 5. The van der Waals surface area contributed by atoms with Crippen LogP contribution in [0.1, 0.15) is 39.8 Å². The first kappa shape index (κ1) is 22.6. The topological polar surface area (TPSA) is 75.4 Å². The van der Waals surface area contributed by atoms with Crippen LogP contribution in [0, 0.1) is 13.8 Å². The second kappa shape index (κ2) is 9.22. The number of benzene rings is 3. The number of hydrogen-bond donors (Lipinski definition) is 1. The summed E-state index contributed by atoms with van der Waals surface area (Å²) in [6.07, 6.45) is 0.196. The van der Waals surface area contributed by atoms with Crippen molar-refractivity contribution in [3.05, 3.63) is 119 Å². The van der Waals surface area contributed by atoms with Gasteiger partial charge in [-0.2, -0.15) is 0 Å². The number of carboxylic acids is 1. The molecule has 0 saturated carbocycles. The third-order valence-electron chi connectivity index (χ3n) is 6.65. The van der Waals surface area contributed by atoms with Crippen LogP contribution in [0.5, 0.6) is 0 Å². The quantitative estimate of drug-likeness (QED) is 0.465. The molecule has 1 atom stereocenters. The normalized spacial score (nSPS) is 15.2. The number of carboxylic acid groups (broad SMARTS) is 1. The molecule has 0 saturated heterocycles. The van der Waals surface area contributed by atoms with Gasteiger partial charge < -0.3 is 14.6 Å². The van der Waals surface area contributed by atoms with Crippen molar-refractivity contribution < 1.29 is 14.7 Å². The molecule has 0 radical (unpaired) electrons. The minimum Gasteiger partial charge on any atom is -0.480 e. The number of hydrogen-bond acceptors (Lipinski definition) is 3. The van der Waals surface area contributed by atoms with Crippen molar-refractivity contribution in [2.75, 3.05) is 0 Å². The molecular weight excluding hydrogens is 438 g/mol. The average molecular weight is 466 g/mol. The number of aromatic nitrogens is 2. The molecule has 2 heterocycles. The molecule has 1 N–H and O–H groups in total. The highest BCUT2D eigenvalue weighted by Gasteiger charge is 2.40. The van der Waals surface area contributed by atoms with Gasteiger partial charge in [-0.15, -0.1) is 0 Å². The Morgan fingerprint density at radius 3 is 2.11 bits per heavy atom. The Morgan fingerprint density at radius 2 is 1.54 bits per heavy atom. The van der Waals surface area contributed by atoms with E-state index in [0.29, 0.717) is 0 Å². The van der Waals surface area contributed by atoms with Crippen LogP contribution >= 0.6 is 0 Å². The van der Waals surface area contributed by atoms with E-state index in [9.17, 15) is 14.7 Å². The maximum Gasteiger partial charge on any atom is 0.326 e. The zero-order valence-corrected chi connectivity index (χ0v) is 19.8. The zero-order chi connectivity index (χ0) is 24.5. The Hall–Kier alpha value is -4.19. The van der Waals surface area contributed by atoms with Crippen molar-refractivity contribution in [1.29, 1.82) is 0 Å². The smallest absolute Gasteiger partial charge is 0.326 e. The van der Waals surface area contributed by atoms with Crippen LogP contribution in [0.15, 0.2) is 84.9 Å². The molecule has 1 aliphatic rings. The standard InChI is InChI=1S/C29H27N3O3/c1-19-10-9-15-23(16-19)32-20(2)30-24-18-31(26(29(34)35)17-25(24)32)28(33)27(21-11-5-3-6-12-21)22-13-7-4-8-14-22/h3-16,26-27H,17-18H2,1-2H3,(H,34,35). The molecule has 1 unspecified atom stereocenters.